The molecule has 1 N–H and O–H groups in total. The van der Waals surface area contributed by atoms with Crippen LogP contribution in [0.25, 0.3) is 6.08 Å². The van der Waals surface area contributed by atoms with Crippen molar-refractivity contribution < 1.29 is 17.9 Å². The number of methoxy groups -OCH3 is 1. The molecule has 2 rings (SSSR count). The van der Waals surface area contributed by atoms with Gasteiger partial charge < -0.3 is 10.1 Å². The summed E-state index contributed by atoms with van der Waals surface area (Å²) in [5.41, 5.74) is 2.82. The van der Waals surface area contributed by atoms with Gasteiger partial charge in [0.15, 0.2) is 0 Å². The number of benzene rings is 2. The predicted molar refractivity (Wildman–Crippen MR) is 107 cm³/mol. The third-order valence-electron chi connectivity index (χ3n) is 4.23. The van der Waals surface area contributed by atoms with Gasteiger partial charge in [0.2, 0.25) is 15.9 Å². The molecule has 2 aromatic rings. The van der Waals surface area contributed by atoms with E-state index in [0.29, 0.717) is 11.4 Å². The van der Waals surface area contributed by atoms with Crippen molar-refractivity contribution in [3.05, 3.63) is 59.2 Å². The Morgan fingerprint density at radius 1 is 1.15 bits per heavy atom. The summed E-state index contributed by atoms with van der Waals surface area (Å²) in [4.78, 5) is 12.5. The fraction of sp³-hybridized carbons (Fsp3) is 0.250. The fourth-order valence-corrected chi connectivity index (χ4v) is 3.47. The van der Waals surface area contributed by atoms with Crippen molar-refractivity contribution in [2.75, 3.05) is 26.5 Å². The van der Waals surface area contributed by atoms with Crippen molar-refractivity contribution in [2.24, 2.45) is 0 Å². The second-order valence-corrected chi connectivity index (χ2v) is 8.42. The molecule has 2 aromatic carbocycles. The van der Waals surface area contributed by atoms with Crippen molar-refractivity contribution in [3.63, 3.8) is 0 Å². The highest BCUT2D eigenvalue weighted by Gasteiger charge is 2.19. The van der Waals surface area contributed by atoms with Crippen LogP contribution >= 0.6 is 0 Å². The molecule has 0 aromatic heterocycles. The molecule has 0 radical (unpaired) electrons. The first-order valence-corrected chi connectivity index (χ1v) is 9.76. The molecule has 0 heterocycles. The molecular weight excluding hydrogens is 364 g/mol. The summed E-state index contributed by atoms with van der Waals surface area (Å²) in [6.07, 6.45) is 3.04. The van der Waals surface area contributed by atoms with E-state index in [9.17, 15) is 13.2 Å². The van der Waals surface area contributed by atoms with E-state index in [-0.39, 0.29) is 10.8 Å². The molecule has 6 nitrogen and oxygen atoms in total. The predicted octanol–water partition coefficient (Wildman–Crippen LogP) is 3.21. The Balaban J connectivity index is 2.30. The van der Waals surface area contributed by atoms with Crippen molar-refractivity contribution >= 4 is 27.7 Å². The van der Waals surface area contributed by atoms with Gasteiger partial charge in [-0.05, 0) is 49.2 Å². The lowest BCUT2D eigenvalue weighted by atomic mass is 10.1. The number of aryl methyl sites for hydroxylation is 1. The summed E-state index contributed by atoms with van der Waals surface area (Å²) < 4.78 is 31.2. The average Bonchev–Trinajstić information content (AvgIpc) is 2.63. The van der Waals surface area contributed by atoms with Gasteiger partial charge in [-0.15, -0.1) is 0 Å². The van der Waals surface area contributed by atoms with Gasteiger partial charge in [-0.1, -0.05) is 18.2 Å². The smallest absolute Gasteiger partial charge is 0.248 e. The highest BCUT2D eigenvalue weighted by molar-refractivity contribution is 7.89. The van der Waals surface area contributed by atoms with Gasteiger partial charge >= 0.3 is 0 Å². The van der Waals surface area contributed by atoms with Gasteiger partial charge in [-0.2, -0.15) is 0 Å². The van der Waals surface area contributed by atoms with Crippen LogP contribution in [0.4, 0.5) is 5.69 Å². The summed E-state index contributed by atoms with van der Waals surface area (Å²) in [7, 11) is 0.916. The van der Waals surface area contributed by atoms with Crippen LogP contribution in [-0.2, 0) is 14.8 Å². The van der Waals surface area contributed by atoms with E-state index in [0.717, 1.165) is 21.0 Å². The zero-order chi connectivity index (χ0) is 20.2. The number of hydrogen-bond donors (Lipinski definition) is 1. The van der Waals surface area contributed by atoms with Crippen LogP contribution in [0.2, 0.25) is 0 Å². The van der Waals surface area contributed by atoms with Crippen LogP contribution < -0.4 is 10.1 Å². The largest absolute Gasteiger partial charge is 0.496 e. The lowest BCUT2D eigenvalue weighted by Gasteiger charge is -2.16. The number of carbonyl (C=O) groups is 1. The molecular formula is C20H24N2O4S. The monoisotopic (exact) mass is 388 g/mol. The number of amides is 1. The van der Waals surface area contributed by atoms with Crippen LogP contribution in [0.5, 0.6) is 5.75 Å². The van der Waals surface area contributed by atoms with Gasteiger partial charge in [0.05, 0.1) is 12.0 Å². The Kier molecular flexibility index (Phi) is 6.41. The molecule has 0 atom stereocenters. The van der Waals surface area contributed by atoms with Crippen molar-refractivity contribution in [3.8, 4) is 5.75 Å². The Bertz CT molecular complexity index is 979. The van der Waals surface area contributed by atoms with Gasteiger partial charge in [-0.3, -0.25) is 4.79 Å². The molecule has 0 fully saturated rings. The first kappa shape index (κ1) is 20.7. The molecule has 0 unspecified atom stereocenters. The van der Waals surface area contributed by atoms with Crippen LogP contribution in [0, 0.1) is 13.8 Å². The molecule has 144 valence electrons. The highest BCUT2D eigenvalue weighted by Crippen LogP contribution is 2.26. The van der Waals surface area contributed by atoms with Gasteiger partial charge in [0, 0.05) is 31.4 Å². The highest BCUT2D eigenvalue weighted by atomic mass is 32.2. The van der Waals surface area contributed by atoms with Crippen LogP contribution in [0.3, 0.4) is 0 Å². The van der Waals surface area contributed by atoms with Crippen LogP contribution in [-0.4, -0.2) is 39.8 Å². The third kappa shape index (κ3) is 4.75. The maximum Gasteiger partial charge on any atom is 0.248 e. The number of nitrogens with one attached hydrogen (secondary N) is 1. The van der Waals surface area contributed by atoms with Gasteiger partial charge in [0.25, 0.3) is 0 Å². The van der Waals surface area contributed by atoms with Crippen molar-refractivity contribution in [1.29, 1.82) is 0 Å². The summed E-state index contributed by atoms with van der Waals surface area (Å²) in [5, 5.41) is 2.76. The number of sulfonamides is 1. The van der Waals surface area contributed by atoms with Crippen molar-refractivity contribution in [2.45, 2.75) is 18.7 Å². The Morgan fingerprint density at radius 3 is 2.44 bits per heavy atom. The molecule has 27 heavy (non-hydrogen) atoms. The van der Waals surface area contributed by atoms with E-state index in [2.05, 4.69) is 5.32 Å². The van der Waals surface area contributed by atoms with Gasteiger partial charge in [0.1, 0.15) is 5.75 Å². The Morgan fingerprint density at radius 2 is 1.81 bits per heavy atom. The SMILES string of the molecule is COc1ccccc1/C=C/C(=O)Nc1cc(S(=O)(=O)N(C)C)cc(C)c1C. The Labute approximate surface area is 160 Å². The maximum absolute atomic E-state index is 12.4. The van der Waals surface area contributed by atoms with E-state index in [1.807, 2.05) is 32.0 Å². The van der Waals surface area contributed by atoms with Crippen molar-refractivity contribution in [1.82, 2.24) is 4.31 Å². The lowest BCUT2D eigenvalue weighted by Crippen LogP contribution is -2.22. The molecule has 1 amide bonds. The third-order valence-corrected chi connectivity index (χ3v) is 6.02. The summed E-state index contributed by atoms with van der Waals surface area (Å²) >= 11 is 0. The van der Waals surface area contributed by atoms with Crippen LogP contribution in [0.15, 0.2) is 47.4 Å². The first-order valence-electron chi connectivity index (χ1n) is 8.32. The summed E-state index contributed by atoms with van der Waals surface area (Å²) in [6, 6.07) is 10.4. The second kappa shape index (κ2) is 8.37. The number of anilines is 1. The number of carbonyl (C=O) groups excluding carboxylic acids is 1. The quantitative estimate of drug-likeness (QED) is 0.771. The second-order valence-electron chi connectivity index (χ2n) is 6.26. The molecule has 0 aliphatic heterocycles. The molecule has 0 aliphatic rings. The zero-order valence-corrected chi connectivity index (χ0v) is 16.9. The number of hydrogen-bond acceptors (Lipinski definition) is 4. The number of para-hydroxylation sites is 1. The van der Waals surface area contributed by atoms with Gasteiger partial charge in [-0.25, -0.2) is 12.7 Å². The molecule has 0 saturated heterocycles. The minimum absolute atomic E-state index is 0.139. The van der Waals surface area contributed by atoms with E-state index in [1.54, 1.807) is 25.3 Å². The van der Waals surface area contributed by atoms with E-state index in [1.165, 1.54) is 26.2 Å². The minimum atomic E-state index is -3.59. The summed E-state index contributed by atoms with van der Waals surface area (Å²) in [6.45, 7) is 3.64. The molecule has 0 aliphatic carbocycles. The first-order chi connectivity index (χ1) is 12.7. The Hall–Kier alpha value is -2.64. The maximum atomic E-state index is 12.4. The standard InChI is InChI=1S/C20H24N2O4S/c1-14-12-17(27(24,25)22(3)4)13-18(15(14)2)21-20(23)11-10-16-8-6-7-9-19(16)26-5/h6-13H,1-5H3,(H,21,23)/b11-10+. The normalized spacial score (nSPS) is 11.8. The minimum Gasteiger partial charge on any atom is -0.496 e. The van der Waals surface area contributed by atoms with E-state index < -0.39 is 10.0 Å². The van der Waals surface area contributed by atoms with Crippen LogP contribution in [0.1, 0.15) is 16.7 Å². The van der Waals surface area contributed by atoms with E-state index >= 15 is 0 Å². The number of ether oxygens (including phenoxy) is 1. The average molecular weight is 388 g/mol. The number of nitrogens with zero attached hydrogens (tertiary/aromatic N) is 1. The molecule has 0 spiro atoms. The molecule has 0 bridgehead atoms. The van der Waals surface area contributed by atoms with E-state index in [4.69, 9.17) is 4.74 Å². The zero-order valence-electron chi connectivity index (χ0n) is 16.1. The molecule has 7 heteroatoms. The summed E-state index contributed by atoms with van der Waals surface area (Å²) in [5.74, 6) is 0.301. The topological polar surface area (TPSA) is 75.7 Å². The fourth-order valence-electron chi connectivity index (χ4n) is 2.46. The lowest BCUT2D eigenvalue weighted by molar-refractivity contribution is -0.111. The number of rotatable bonds is 6. The molecule has 0 saturated carbocycles.